The summed E-state index contributed by atoms with van der Waals surface area (Å²) in [4.78, 5) is 13.1. The zero-order valence-electron chi connectivity index (χ0n) is 17.4. The molecule has 8 heteroatoms. The molecule has 0 bridgehead atoms. The second-order valence-corrected chi connectivity index (χ2v) is 10.3. The van der Waals surface area contributed by atoms with Crippen molar-refractivity contribution in [3.8, 4) is 0 Å². The van der Waals surface area contributed by atoms with Crippen LogP contribution in [0.5, 0.6) is 0 Å². The van der Waals surface area contributed by atoms with E-state index in [-0.39, 0.29) is 40.8 Å². The van der Waals surface area contributed by atoms with E-state index in [1.165, 1.54) is 28.6 Å². The first-order chi connectivity index (χ1) is 14.1. The van der Waals surface area contributed by atoms with Crippen LogP contribution < -0.4 is 5.32 Å². The van der Waals surface area contributed by atoms with Gasteiger partial charge in [-0.15, -0.1) is 0 Å². The number of nitrogens with one attached hydrogen (secondary N) is 1. The summed E-state index contributed by atoms with van der Waals surface area (Å²) in [5, 5.41) is 2.98. The third-order valence-electron chi connectivity index (χ3n) is 5.05. The molecule has 162 valence electrons. The zero-order valence-corrected chi connectivity index (χ0v) is 18.2. The van der Waals surface area contributed by atoms with Gasteiger partial charge in [0, 0.05) is 18.7 Å². The number of ether oxygens (including phenoxy) is 1. The van der Waals surface area contributed by atoms with Crippen LogP contribution in [-0.4, -0.2) is 44.9 Å². The summed E-state index contributed by atoms with van der Waals surface area (Å²) in [5.74, 6) is -0.739. The highest BCUT2D eigenvalue weighted by Crippen LogP contribution is 2.33. The lowest BCUT2D eigenvalue weighted by atomic mass is 9.82. The lowest BCUT2D eigenvalue weighted by Gasteiger charge is -2.32. The quantitative estimate of drug-likeness (QED) is 0.783. The van der Waals surface area contributed by atoms with Gasteiger partial charge < -0.3 is 10.1 Å². The number of hydrogen-bond acceptors (Lipinski definition) is 4. The summed E-state index contributed by atoms with van der Waals surface area (Å²) in [7, 11) is -3.70. The molecule has 6 nitrogen and oxygen atoms in total. The zero-order chi connectivity index (χ0) is 21.9. The molecule has 1 atom stereocenters. The Bertz CT molecular complexity index is 995. The third kappa shape index (κ3) is 5.06. The van der Waals surface area contributed by atoms with Gasteiger partial charge in [-0.2, -0.15) is 4.31 Å². The van der Waals surface area contributed by atoms with Crippen molar-refractivity contribution in [3.63, 3.8) is 0 Å². The Kier molecular flexibility index (Phi) is 6.59. The first-order valence-electron chi connectivity index (χ1n) is 9.83. The van der Waals surface area contributed by atoms with Crippen LogP contribution in [-0.2, 0) is 14.8 Å². The van der Waals surface area contributed by atoms with E-state index in [9.17, 15) is 17.6 Å². The van der Waals surface area contributed by atoms with Crippen molar-refractivity contribution in [2.45, 2.75) is 31.7 Å². The first-order valence-corrected chi connectivity index (χ1v) is 11.3. The van der Waals surface area contributed by atoms with Gasteiger partial charge >= 0.3 is 0 Å². The maximum Gasteiger partial charge on any atom is 0.251 e. The van der Waals surface area contributed by atoms with Crippen LogP contribution in [0, 0.1) is 11.2 Å². The number of halogens is 1. The molecule has 2 aromatic rings. The molecule has 3 rings (SSSR count). The molecule has 30 heavy (non-hydrogen) atoms. The predicted molar refractivity (Wildman–Crippen MR) is 112 cm³/mol. The monoisotopic (exact) mass is 434 g/mol. The van der Waals surface area contributed by atoms with E-state index in [4.69, 9.17) is 4.74 Å². The van der Waals surface area contributed by atoms with Crippen molar-refractivity contribution < 1.29 is 22.3 Å². The summed E-state index contributed by atoms with van der Waals surface area (Å²) in [5.41, 5.74) is 0.681. The van der Waals surface area contributed by atoms with E-state index in [1.807, 2.05) is 20.8 Å². The number of benzene rings is 2. The van der Waals surface area contributed by atoms with Crippen molar-refractivity contribution >= 4 is 15.9 Å². The van der Waals surface area contributed by atoms with Crippen molar-refractivity contribution in [3.05, 3.63) is 65.5 Å². The molecule has 1 saturated heterocycles. The van der Waals surface area contributed by atoms with Crippen molar-refractivity contribution in [2.75, 3.05) is 26.3 Å². The largest absolute Gasteiger partial charge is 0.379 e. The second kappa shape index (κ2) is 8.83. The molecule has 0 spiro atoms. The fourth-order valence-corrected chi connectivity index (χ4v) is 4.86. The number of hydrogen-bond donors (Lipinski definition) is 1. The molecule has 0 radical (unpaired) electrons. The minimum Gasteiger partial charge on any atom is -0.379 e. The summed E-state index contributed by atoms with van der Waals surface area (Å²) in [6.07, 6.45) is 0. The minimum absolute atomic E-state index is 0.0751. The Morgan fingerprint density at radius 2 is 1.73 bits per heavy atom. The Labute approximate surface area is 177 Å². The third-order valence-corrected chi connectivity index (χ3v) is 6.94. The van der Waals surface area contributed by atoms with Crippen molar-refractivity contribution in [1.82, 2.24) is 9.62 Å². The summed E-state index contributed by atoms with van der Waals surface area (Å²) in [6.45, 7) is 7.20. The normalized spacial score (nSPS) is 16.8. The van der Waals surface area contributed by atoms with E-state index >= 15 is 0 Å². The van der Waals surface area contributed by atoms with Gasteiger partial charge in [0.2, 0.25) is 10.0 Å². The average molecular weight is 435 g/mol. The standard InChI is InChI=1S/C22H27FN2O4S/c1-22(2,3)20(16-7-9-18(23)10-8-16)24-21(26)17-5-4-6-19(15-17)30(27,28)25-11-13-29-14-12-25/h4-10,15,20H,11-14H2,1-3H3,(H,24,26). The minimum atomic E-state index is -3.70. The molecule has 1 heterocycles. The lowest BCUT2D eigenvalue weighted by molar-refractivity contribution is 0.0730. The van der Waals surface area contributed by atoms with Crippen LogP contribution in [0.15, 0.2) is 53.4 Å². The summed E-state index contributed by atoms with van der Waals surface area (Å²) < 4.78 is 45.7. The fraction of sp³-hybridized carbons (Fsp3) is 0.409. The Hall–Kier alpha value is -2.29. The van der Waals surface area contributed by atoms with E-state index < -0.39 is 15.9 Å². The van der Waals surface area contributed by atoms with Crippen LogP contribution in [0.1, 0.15) is 42.7 Å². The number of sulfonamides is 1. The smallest absolute Gasteiger partial charge is 0.251 e. The highest BCUT2D eigenvalue weighted by atomic mass is 32.2. The average Bonchev–Trinajstić information content (AvgIpc) is 2.72. The van der Waals surface area contributed by atoms with Crippen LogP contribution in [0.4, 0.5) is 4.39 Å². The highest BCUT2D eigenvalue weighted by Gasteiger charge is 2.30. The number of carbonyl (C=O) groups excluding carboxylic acids is 1. The summed E-state index contributed by atoms with van der Waals surface area (Å²) >= 11 is 0. The lowest BCUT2D eigenvalue weighted by Crippen LogP contribution is -2.40. The molecular weight excluding hydrogens is 407 g/mol. The van der Waals surface area contributed by atoms with E-state index in [0.29, 0.717) is 13.2 Å². The molecule has 1 aliphatic rings. The van der Waals surface area contributed by atoms with Gasteiger partial charge in [0.05, 0.1) is 24.2 Å². The molecule has 0 aliphatic carbocycles. The van der Waals surface area contributed by atoms with Gasteiger partial charge in [0.15, 0.2) is 0 Å². The number of carbonyl (C=O) groups is 1. The Balaban J connectivity index is 1.85. The van der Waals surface area contributed by atoms with Crippen LogP contribution in [0.3, 0.4) is 0 Å². The summed E-state index contributed by atoms with van der Waals surface area (Å²) in [6, 6.07) is 11.6. The maximum absolute atomic E-state index is 13.3. The Morgan fingerprint density at radius 3 is 2.33 bits per heavy atom. The van der Waals surface area contributed by atoms with Gasteiger partial charge in [-0.25, -0.2) is 12.8 Å². The van der Waals surface area contributed by atoms with Crippen molar-refractivity contribution in [1.29, 1.82) is 0 Å². The molecule has 1 N–H and O–H groups in total. The molecule has 1 amide bonds. The molecule has 1 fully saturated rings. The molecule has 2 aromatic carbocycles. The van der Waals surface area contributed by atoms with Gasteiger partial charge in [-0.3, -0.25) is 4.79 Å². The molecule has 0 saturated carbocycles. The Morgan fingerprint density at radius 1 is 1.10 bits per heavy atom. The molecule has 0 aromatic heterocycles. The number of rotatable bonds is 5. The second-order valence-electron chi connectivity index (χ2n) is 8.37. The topological polar surface area (TPSA) is 75.7 Å². The van der Waals surface area contributed by atoms with Crippen molar-refractivity contribution in [2.24, 2.45) is 5.41 Å². The van der Waals surface area contributed by atoms with Gasteiger partial charge in [-0.1, -0.05) is 39.0 Å². The van der Waals surface area contributed by atoms with E-state index in [1.54, 1.807) is 24.3 Å². The van der Waals surface area contributed by atoms with Gasteiger partial charge in [0.1, 0.15) is 5.82 Å². The first kappa shape index (κ1) is 22.4. The SMILES string of the molecule is CC(C)(C)C(NC(=O)c1cccc(S(=O)(=O)N2CCOCC2)c1)c1ccc(F)cc1. The number of morpholine rings is 1. The number of nitrogens with zero attached hydrogens (tertiary/aromatic N) is 1. The highest BCUT2D eigenvalue weighted by molar-refractivity contribution is 7.89. The van der Waals surface area contributed by atoms with Crippen LogP contribution in [0.2, 0.25) is 0 Å². The molecular formula is C22H27FN2O4S. The predicted octanol–water partition coefficient (Wildman–Crippen LogP) is 3.36. The maximum atomic E-state index is 13.3. The molecule has 1 aliphatic heterocycles. The number of amides is 1. The van der Waals surface area contributed by atoms with E-state index in [0.717, 1.165) is 5.56 Å². The molecule has 1 unspecified atom stereocenters. The van der Waals surface area contributed by atoms with Crippen LogP contribution >= 0.6 is 0 Å². The fourth-order valence-electron chi connectivity index (χ4n) is 3.40. The van der Waals surface area contributed by atoms with Gasteiger partial charge in [0.25, 0.3) is 5.91 Å². The van der Waals surface area contributed by atoms with Gasteiger partial charge in [-0.05, 0) is 41.3 Å². The van der Waals surface area contributed by atoms with E-state index in [2.05, 4.69) is 5.32 Å². The van der Waals surface area contributed by atoms with Crippen LogP contribution in [0.25, 0.3) is 0 Å².